The third kappa shape index (κ3) is 3.52. The molecule has 0 amide bonds. The number of thioether (sulfide) groups is 1. The average molecular weight is 231 g/mol. The van der Waals surface area contributed by atoms with Crippen LogP contribution in [0.2, 0.25) is 0 Å². The molecule has 0 atom stereocenters. The number of rotatable bonds is 3. The second kappa shape index (κ2) is 4.19. The summed E-state index contributed by atoms with van der Waals surface area (Å²) >= 11 is 1.21. The van der Waals surface area contributed by atoms with Gasteiger partial charge < -0.3 is 5.11 Å². The Hall–Kier alpha value is -1.08. The van der Waals surface area contributed by atoms with E-state index in [4.69, 9.17) is 0 Å². The molecule has 0 aliphatic carbocycles. The van der Waals surface area contributed by atoms with Gasteiger partial charge in [0, 0.05) is 12.8 Å². The molecule has 0 aliphatic rings. The Balaban J connectivity index is 2.92. The number of aliphatic hydroxyl groups is 1. The van der Waals surface area contributed by atoms with Crippen molar-refractivity contribution in [1.82, 2.24) is 14.8 Å². The summed E-state index contributed by atoms with van der Waals surface area (Å²) in [6.07, 6.45) is 0. The van der Waals surface area contributed by atoms with E-state index in [0.29, 0.717) is 10.9 Å². The number of aromatic amines is 1. The van der Waals surface area contributed by atoms with Gasteiger partial charge in [0.1, 0.15) is 0 Å². The van der Waals surface area contributed by atoms with Crippen LogP contribution in [0.5, 0.6) is 0 Å². The second-order valence-corrected chi connectivity index (χ2v) is 4.74. The van der Waals surface area contributed by atoms with Gasteiger partial charge >= 0.3 is 11.1 Å². The molecule has 7 heteroatoms. The van der Waals surface area contributed by atoms with Crippen LogP contribution in [0, 0.1) is 0 Å². The Morgan fingerprint density at radius 2 is 2.13 bits per heavy atom. The molecule has 0 saturated carbocycles. The van der Waals surface area contributed by atoms with Gasteiger partial charge in [-0.15, -0.1) is 0 Å². The minimum Gasteiger partial charge on any atom is -0.390 e. The van der Waals surface area contributed by atoms with Gasteiger partial charge in [0.25, 0.3) is 0 Å². The normalized spacial score (nSPS) is 11.7. The SMILES string of the molecule is Cn1[nH]c(=O)c(=O)nc1SCC(C)(C)O. The summed E-state index contributed by atoms with van der Waals surface area (Å²) in [6, 6.07) is 0. The van der Waals surface area contributed by atoms with Crippen LogP contribution in [0.25, 0.3) is 0 Å². The highest BCUT2D eigenvalue weighted by molar-refractivity contribution is 7.99. The van der Waals surface area contributed by atoms with E-state index in [0.717, 1.165) is 0 Å². The van der Waals surface area contributed by atoms with E-state index in [9.17, 15) is 14.7 Å². The van der Waals surface area contributed by atoms with Crippen molar-refractivity contribution in [3.63, 3.8) is 0 Å². The van der Waals surface area contributed by atoms with Crippen molar-refractivity contribution in [2.45, 2.75) is 24.6 Å². The molecule has 1 aromatic rings. The first-order chi connectivity index (χ1) is 6.79. The van der Waals surface area contributed by atoms with Crippen LogP contribution < -0.4 is 11.1 Å². The van der Waals surface area contributed by atoms with Crippen molar-refractivity contribution in [3.05, 3.63) is 20.7 Å². The predicted molar refractivity (Wildman–Crippen MR) is 57.1 cm³/mol. The average Bonchev–Trinajstić information content (AvgIpc) is 2.07. The summed E-state index contributed by atoms with van der Waals surface area (Å²) in [4.78, 5) is 25.4. The van der Waals surface area contributed by atoms with Gasteiger partial charge in [-0.25, -0.2) is 0 Å². The number of hydrogen-bond acceptors (Lipinski definition) is 5. The fourth-order valence-electron chi connectivity index (χ4n) is 0.831. The molecular formula is C8H13N3O3S. The highest BCUT2D eigenvalue weighted by Gasteiger charge is 2.15. The van der Waals surface area contributed by atoms with Gasteiger partial charge in [0.15, 0.2) is 5.16 Å². The summed E-state index contributed by atoms with van der Waals surface area (Å²) < 4.78 is 1.36. The standard InChI is InChI=1S/C8H13N3O3S/c1-8(2,14)4-15-7-9-5(12)6(13)10-11(7)3/h14H,4H2,1-3H3,(H,10,13). The largest absolute Gasteiger partial charge is 0.390 e. The van der Waals surface area contributed by atoms with Gasteiger partial charge in [0.2, 0.25) is 0 Å². The summed E-state index contributed by atoms with van der Waals surface area (Å²) in [5, 5.41) is 12.2. The Morgan fingerprint density at radius 1 is 1.53 bits per heavy atom. The first-order valence-electron chi connectivity index (χ1n) is 4.32. The zero-order valence-corrected chi connectivity index (χ0v) is 9.59. The molecule has 1 aromatic heterocycles. The quantitative estimate of drug-likeness (QED) is 0.532. The number of nitrogens with zero attached hydrogens (tertiary/aromatic N) is 2. The van der Waals surface area contributed by atoms with Crippen molar-refractivity contribution >= 4 is 11.8 Å². The van der Waals surface area contributed by atoms with E-state index >= 15 is 0 Å². The molecule has 0 radical (unpaired) electrons. The minimum atomic E-state index is -0.849. The van der Waals surface area contributed by atoms with E-state index < -0.39 is 16.7 Å². The van der Waals surface area contributed by atoms with Crippen molar-refractivity contribution in [2.24, 2.45) is 7.05 Å². The topological polar surface area (TPSA) is 88.0 Å². The molecule has 0 fully saturated rings. The Bertz CT molecular complexity index is 457. The Kier molecular flexibility index (Phi) is 3.35. The summed E-state index contributed by atoms with van der Waals surface area (Å²) in [6.45, 7) is 3.31. The van der Waals surface area contributed by atoms with Crippen LogP contribution in [0.1, 0.15) is 13.8 Å². The second-order valence-electron chi connectivity index (χ2n) is 3.80. The van der Waals surface area contributed by atoms with Gasteiger partial charge in [-0.05, 0) is 13.8 Å². The van der Waals surface area contributed by atoms with Crippen molar-refractivity contribution in [3.8, 4) is 0 Å². The molecular weight excluding hydrogens is 218 g/mol. The number of H-pyrrole nitrogens is 1. The molecule has 1 rings (SSSR count). The molecule has 84 valence electrons. The first kappa shape index (κ1) is 12.0. The minimum absolute atomic E-state index is 0.377. The van der Waals surface area contributed by atoms with E-state index in [1.807, 2.05) is 0 Å². The molecule has 0 spiro atoms. The molecule has 15 heavy (non-hydrogen) atoms. The lowest BCUT2D eigenvalue weighted by Crippen LogP contribution is -2.34. The highest BCUT2D eigenvalue weighted by Crippen LogP contribution is 2.17. The van der Waals surface area contributed by atoms with Crippen LogP contribution in [0.4, 0.5) is 0 Å². The lowest BCUT2D eigenvalue weighted by Gasteiger charge is -2.16. The van der Waals surface area contributed by atoms with E-state index in [1.165, 1.54) is 16.4 Å². The maximum Gasteiger partial charge on any atom is 0.339 e. The van der Waals surface area contributed by atoms with Crippen LogP contribution in [-0.2, 0) is 7.05 Å². The van der Waals surface area contributed by atoms with Crippen LogP contribution in [0.15, 0.2) is 14.7 Å². The van der Waals surface area contributed by atoms with Crippen molar-refractivity contribution in [1.29, 1.82) is 0 Å². The maximum absolute atomic E-state index is 11.0. The molecule has 0 saturated heterocycles. The molecule has 6 nitrogen and oxygen atoms in total. The van der Waals surface area contributed by atoms with Gasteiger partial charge in [0.05, 0.1) is 5.60 Å². The fourth-order valence-corrected chi connectivity index (χ4v) is 1.70. The zero-order chi connectivity index (χ0) is 11.6. The number of aromatic nitrogens is 3. The van der Waals surface area contributed by atoms with Crippen LogP contribution in [-0.4, -0.2) is 31.2 Å². The Labute approximate surface area is 90.3 Å². The summed E-state index contributed by atoms with van der Waals surface area (Å²) in [5.74, 6) is 0.388. The molecule has 0 unspecified atom stereocenters. The fraction of sp³-hybridized carbons (Fsp3) is 0.625. The molecule has 0 aromatic carbocycles. The smallest absolute Gasteiger partial charge is 0.339 e. The Morgan fingerprint density at radius 3 is 2.67 bits per heavy atom. The first-order valence-corrected chi connectivity index (χ1v) is 5.31. The maximum atomic E-state index is 11.0. The van der Waals surface area contributed by atoms with Crippen LogP contribution in [0.3, 0.4) is 0 Å². The monoisotopic (exact) mass is 231 g/mol. The van der Waals surface area contributed by atoms with E-state index in [2.05, 4.69) is 10.1 Å². The lowest BCUT2D eigenvalue weighted by atomic mass is 10.2. The molecule has 1 heterocycles. The number of nitrogens with one attached hydrogen (secondary N) is 1. The molecule has 0 aliphatic heterocycles. The van der Waals surface area contributed by atoms with Crippen molar-refractivity contribution < 1.29 is 5.11 Å². The zero-order valence-electron chi connectivity index (χ0n) is 8.77. The molecule has 2 N–H and O–H groups in total. The van der Waals surface area contributed by atoms with E-state index in [1.54, 1.807) is 20.9 Å². The third-order valence-electron chi connectivity index (χ3n) is 1.50. The molecule has 0 bridgehead atoms. The van der Waals surface area contributed by atoms with Crippen molar-refractivity contribution in [2.75, 3.05) is 5.75 Å². The summed E-state index contributed by atoms with van der Waals surface area (Å²) in [7, 11) is 1.58. The predicted octanol–water partition coefficient (Wildman–Crippen LogP) is -0.668. The number of hydrogen-bond donors (Lipinski definition) is 2. The number of aryl methyl sites for hydroxylation is 1. The van der Waals surface area contributed by atoms with Gasteiger partial charge in [-0.1, -0.05) is 11.8 Å². The van der Waals surface area contributed by atoms with Gasteiger partial charge in [-0.3, -0.25) is 19.4 Å². The third-order valence-corrected chi connectivity index (χ3v) is 2.98. The highest BCUT2D eigenvalue weighted by atomic mass is 32.2. The van der Waals surface area contributed by atoms with E-state index in [-0.39, 0.29) is 0 Å². The lowest BCUT2D eigenvalue weighted by molar-refractivity contribution is 0.107. The summed E-state index contributed by atoms with van der Waals surface area (Å²) in [5.41, 5.74) is -2.41. The van der Waals surface area contributed by atoms with Gasteiger partial charge in [-0.2, -0.15) is 4.98 Å². The van der Waals surface area contributed by atoms with Crippen LogP contribution >= 0.6 is 11.8 Å².